The lowest BCUT2D eigenvalue weighted by Crippen LogP contribution is -2.27. The van der Waals surface area contributed by atoms with Gasteiger partial charge in [0.05, 0.1) is 18.7 Å². The number of rotatable bonds is 4. The van der Waals surface area contributed by atoms with E-state index in [0.717, 1.165) is 5.56 Å². The molecule has 4 nitrogen and oxygen atoms in total. The van der Waals surface area contributed by atoms with Crippen LogP contribution in [-0.2, 0) is 0 Å². The number of amides is 1. The van der Waals surface area contributed by atoms with Gasteiger partial charge in [-0.1, -0.05) is 12.1 Å². The van der Waals surface area contributed by atoms with E-state index in [2.05, 4.69) is 5.32 Å². The fraction of sp³-hybridized carbons (Fsp3) is 0.188. The Balaban J connectivity index is 2.12. The molecule has 0 spiro atoms. The van der Waals surface area contributed by atoms with Crippen LogP contribution < -0.4 is 15.8 Å². The molecule has 2 aromatic rings. The van der Waals surface area contributed by atoms with Gasteiger partial charge in [-0.25, -0.2) is 4.39 Å². The molecular formula is C16H17FN2O2. The first-order chi connectivity index (χ1) is 10.0. The molecule has 0 saturated carbocycles. The molecule has 0 unspecified atom stereocenters. The SMILES string of the molecule is COc1ccc(C(=O)N[C@H](C)c2ccc(F)cc2)c(N)c1. The van der Waals surface area contributed by atoms with Gasteiger partial charge in [-0.2, -0.15) is 0 Å². The maximum absolute atomic E-state index is 12.9. The maximum atomic E-state index is 12.9. The largest absolute Gasteiger partial charge is 0.497 e. The second-order valence-electron chi connectivity index (χ2n) is 4.70. The molecule has 1 amide bonds. The highest BCUT2D eigenvalue weighted by Crippen LogP contribution is 2.21. The molecule has 0 saturated heterocycles. The third kappa shape index (κ3) is 3.51. The summed E-state index contributed by atoms with van der Waals surface area (Å²) in [6.07, 6.45) is 0. The van der Waals surface area contributed by atoms with Crippen molar-refractivity contribution in [3.63, 3.8) is 0 Å². The van der Waals surface area contributed by atoms with Crippen LogP contribution in [0.1, 0.15) is 28.9 Å². The molecule has 0 fully saturated rings. The number of hydrogen-bond acceptors (Lipinski definition) is 3. The zero-order chi connectivity index (χ0) is 15.4. The Morgan fingerprint density at radius 2 is 1.90 bits per heavy atom. The molecule has 0 aromatic heterocycles. The van der Waals surface area contributed by atoms with E-state index in [1.54, 1.807) is 30.3 Å². The quantitative estimate of drug-likeness (QED) is 0.850. The number of carbonyl (C=O) groups excluding carboxylic acids is 1. The molecule has 2 rings (SSSR count). The number of nitrogen functional groups attached to an aromatic ring is 1. The van der Waals surface area contributed by atoms with Gasteiger partial charge in [0.15, 0.2) is 0 Å². The Labute approximate surface area is 122 Å². The first-order valence-corrected chi connectivity index (χ1v) is 6.51. The van der Waals surface area contributed by atoms with Crippen molar-refractivity contribution in [2.75, 3.05) is 12.8 Å². The minimum absolute atomic E-state index is 0.250. The second kappa shape index (κ2) is 6.26. The molecule has 0 aliphatic carbocycles. The summed E-state index contributed by atoms with van der Waals surface area (Å²) < 4.78 is 17.9. The Bertz CT molecular complexity index is 641. The number of benzene rings is 2. The summed E-state index contributed by atoms with van der Waals surface area (Å²) in [6.45, 7) is 1.82. The van der Waals surface area contributed by atoms with Gasteiger partial charge in [0, 0.05) is 11.8 Å². The molecule has 110 valence electrons. The van der Waals surface area contributed by atoms with E-state index in [9.17, 15) is 9.18 Å². The Morgan fingerprint density at radius 1 is 1.24 bits per heavy atom. The van der Waals surface area contributed by atoms with Crippen molar-refractivity contribution in [3.05, 3.63) is 59.4 Å². The maximum Gasteiger partial charge on any atom is 0.253 e. The van der Waals surface area contributed by atoms with Crippen LogP contribution in [0.3, 0.4) is 0 Å². The van der Waals surface area contributed by atoms with Crippen molar-refractivity contribution >= 4 is 11.6 Å². The Morgan fingerprint density at radius 3 is 2.48 bits per heavy atom. The fourth-order valence-corrected chi connectivity index (χ4v) is 1.98. The number of halogens is 1. The molecule has 0 bridgehead atoms. The number of nitrogens with two attached hydrogens (primary N) is 1. The zero-order valence-corrected chi connectivity index (χ0v) is 11.9. The van der Waals surface area contributed by atoms with E-state index < -0.39 is 0 Å². The third-order valence-corrected chi connectivity index (χ3v) is 3.22. The minimum atomic E-state index is -0.309. The van der Waals surface area contributed by atoms with Gasteiger partial charge in [-0.15, -0.1) is 0 Å². The van der Waals surface area contributed by atoms with Crippen molar-refractivity contribution in [2.45, 2.75) is 13.0 Å². The van der Waals surface area contributed by atoms with Crippen LogP contribution in [0.25, 0.3) is 0 Å². The van der Waals surface area contributed by atoms with E-state index >= 15 is 0 Å². The van der Waals surface area contributed by atoms with Crippen LogP contribution >= 0.6 is 0 Å². The lowest BCUT2D eigenvalue weighted by Gasteiger charge is -2.15. The van der Waals surface area contributed by atoms with Gasteiger partial charge in [0.1, 0.15) is 11.6 Å². The summed E-state index contributed by atoms with van der Waals surface area (Å²) in [6, 6.07) is 10.6. The summed E-state index contributed by atoms with van der Waals surface area (Å²) in [5, 5.41) is 2.83. The molecule has 0 aliphatic rings. The molecule has 0 radical (unpaired) electrons. The predicted molar refractivity (Wildman–Crippen MR) is 79.7 cm³/mol. The van der Waals surface area contributed by atoms with Crippen LogP contribution in [-0.4, -0.2) is 13.0 Å². The molecule has 0 aliphatic heterocycles. The monoisotopic (exact) mass is 288 g/mol. The topological polar surface area (TPSA) is 64.3 Å². The second-order valence-corrected chi connectivity index (χ2v) is 4.70. The average Bonchev–Trinajstić information content (AvgIpc) is 2.47. The van der Waals surface area contributed by atoms with Gasteiger partial charge in [0.25, 0.3) is 5.91 Å². The number of ether oxygens (including phenoxy) is 1. The Hall–Kier alpha value is -2.56. The van der Waals surface area contributed by atoms with Crippen LogP contribution in [0.4, 0.5) is 10.1 Å². The average molecular weight is 288 g/mol. The van der Waals surface area contributed by atoms with Crippen LogP contribution in [0.2, 0.25) is 0 Å². The van der Waals surface area contributed by atoms with Crippen molar-refractivity contribution in [2.24, 2.45) is 0 Å². The third-order valence-electron chi connectivity index (χ3n) is 3.22. The van der Waals surface area contributed by atoms with Crippen LogP contribution in [0.5, 0.6) is 5.75 Å². The smallest absolute Gasteiger partial charge is 0.253 e. The highest BCUT2D eigenvalue weighted by molar-refractivity contribution is 5.99. The summed E-state index contributed by atoms with van der Waals surface area (Å²) >= 11 is 0. The molecule has 5 heteroatoms. The highest BCUT2D eigenvalue weighted by Gasteiger charge is 2.14. The summed E-state index contributed by atoms with van der Waals surface area (Å²) in [5.74, 6) is -0.000661. The molecule has 0 heterocycles. The molecule has 3 N–H and O–H groups in total. The van der Waals surface area contributed by atoms with E-state index in [0.29, 0.717) is 17.0 Å². The van der Waals surface area contributed by atoms with Crippen molar-refractivity contribution in [1.82, 2.24) is 5.32 Å². The summed E-state index contributed by atoms with van der Waals surface area (Å²) in [4.78, 5) is 12.2. The number of nitrogens with one attached hydrogen (secondary N) is 1. The number of methoxy groups -OCH3 is 1. The van der Waals surface area contributed by atoms with Gasteiger partial charge >= 0.3 is 0 Å². The van der Waals surface area contributed by atoms with E-state index in [1.807, 2.05) is 6.92 Å². The van der Waals surface area contributed by atoms with Gasteiger partial charge in [-0.05, 0) is 36.8 Å². The number of hydrogen-bond donors (Lipinski definition) is 2. The minimum Gasteiger partial charge on any atom is -0.497 e. The zero-order valence-electron chi connectivity index (χ0n) is 11.9. The molecule has 2 aromatic carbocycles. The number of carbonyl (C=O) groups is 1. The van der Waals surface area contributed by atoms with Gasteiger partial charge in [0.2, 0.25) is 0 Å². The lowest BCUT2D eigenvalue weighted by molar-refractivity contribution is 0.0941. The predicted octanol–water partition coefficient (Wildman–Crippen LogP) is 2.91. The van der Waals surface area contributed by atoms with Gasteiger partial charge < -0.3 is 15.8 Å². The van der Waals surface area contributed by atoms with Gasteiger partial charge in [-0.3, -0.25) is 4.79 Å². The van der Waals surface area contributed by atoms with Crippen molar-refractivity contribution < 1.29 is 13.9 Å². The van der Waals surface area contributed by atoms with E-state index in [-0.39, 0.29) is 17.8 Å². The lowest BCUT2D eigenvalue weighted by atomic mass is 10.1. The summed E-state index contributed by atoms with van der Waals surface area (Å²) in [5.41, 5.74) is 7.38. The first-order valence-electron chi connectivity index (χ1n) is 6.51. The highest BCUT2D eigenvalue weighted by atomic mass is 19.1. The van der Waals surface area contributed by atoms with E-state index in [4.69, 9.17) is 10.5 Å². The standard InChI is InChI=1S/C16H17FN2O2/c1-10(11-3-5-12(17)6-4-11)19-16(20)14-8-7-13(21-2)9-15(14)18/h3-10H,18H2,1-2H3,(H,19,20)/t10-/m1/s1. The Kier molecular flexibility index (Phi) is 4.42. The number of anilines is 1. The van der Waals surface area contributed by atoms with Crippen molar-refractivity contribution in [3.8, 4) is 5.75 Å². The first kappa shape index (κ1) is 14.8. The fourth-order valence-electron chi connectivity index (χ4n) is 1.98. The molecule has 21 heavy (non-hydrogen) atoms. The van der Waals surface area contributed by atoms with Crippen LogP contribution in [0.15, 0.2) is 42.5 Å². The molecular weight excluding hydrogens is 271 g/mol. The van der Waals surface area contributed by atoms with Crippen molar-refractivity contribution in [1.29, 1.82) is 0 Å². The summed E-state index contributed by atoms with van der Waals surface area (Å²) in [7, 11) is 1.53. The van der Waals surface area contributed by atoms with Crippen LogP contribution in [0, 0.1) is 5.82 Å². The van der Waals surface area contributed by atoms with E-state index in [1.165, 1.54) is 19.2 Å². The molecule has 1 atom stereocenters. The normalized spacial score (nSPS) is 11.8.